The van der Waals surface area contributed by atoms with Crippen LogP contribution in [0, 0.1) is 5.82 Å². The first kappa shape index (κ1) is 14.2. The minimum Gasteiger partial charge on any atom is -0.323 e. The Morgan fingerprint density at radius 3 is 3.00 bits per heavy atom. The summed E-state index contributed by atoms with van der Waals surface area (Å²) in [6.45, 7) is 1.72. The second kappa shape index (κ2) is 6.31. The highest BCUT2D eigenvalue weighted by Crippen LogP contribution is 2.26. The molecule has 19 heavy (non-hydrogen) atoms. The number of hydrogen-bond acceptors (Lipinski definition) is 5. The third-order valence-electron chi connectivity index (χ3n) is 2.18. The van der Waals surface area contributed by atoms with Crippen LogP contribution in [0.15, 0.2) is 28.0 Å². The summed E-state index contributed by atoms with van der Waals surface area (Å²) in [6, 6.07) is 4.10. The van der Waals surface area contributed by atoms with Crippen molar-refractivity contribution in [1.29, 1.82) is 0 Å². The van der Waals surface area contributed by atoms with E-state index in [1.807, 2.05) is 0 Å². The Morgan fingerprint density at radius 2 is 2.37 bits per heavy atom. The van der Waals surface area contributed by atoms with Crippen LogP contribution in [0.1, 0.15) is 6.92 Å². The van der Waals surface area contributed by atoms with Crippen LogP contribution in [0.5, 0.6) is 0 Å². The zero-order valence-electron chi connectivity index (χ0n) is 9.76. The van der Waals surface area contributed by atoms with Gasteiger partial charge in [-0.1, -0.05) is 34.7 Å². The average Bonchev–Trinajstić information content (AvgIpc) is 2.85. The number of rotatable bonds is 4. The van der Waals surface area contributed by atoms with Gasteiger partial charge in [0.05, 0.1) is 10.9 Å². The van der Waals surface area contributed by atoms with Gasteiger partial charge in [-0.05, 0) is 25.1 Å². The van der Waals surface area contributed by atoms with Crippen molar-refractivity contribution in [2.75, 3.05) is 5.32 Å². The molecule has 0 aliphatic carbocycles. The molecule has 100 valence electrons. The van der Waals surface area contributed by atoms with E-state index < -0.39 is 11.1 Å². The van der Waals surface area contributed by atoms with E-state index in [4.69, 9.17) is 11.6 Å². The number of halogens is 2. The highest BCUT2D eigenvalue weighted by molar-refractivity contribution is 8.02. The molecule has 2 aromatic rings. The van der Waals surface area contributed by atoms with Crippen molar-refractivity contribution in [3.05, 3.63) is 34.5 Å². The lowest BCUT2D eigenvalue weighted by Gasteiger charge is -2.11. The minimum absolute atomic E-state index is 0.110. The van der Waals surface area contributed by atoms with Crippen LogP contribution in [-0.4, -0.2) is 21.4 Å². The van der Waals surface area contributed by atoms with Gasteiger partial charge in [-0.2, -0.15) is 0 Å². The van der Waals surface area contributed by atoms with Crippen molar-refractivity contribution < 1.29 is 9.18 Å². The number of anilines is 1. The summed E-state index contributed by atoms with van der Waals surface area (Å²) in [5.74, 6) is -0.865. The van der Waals surface area contributed by atoms with Crippen LogP contribution in [0.4, 0.5) is 10.1 Å². The highest BCUT2D eigenvalue weighted by atomic mass is 35.5. The number of benzene rings is 1. The van der Waals surface area contributed by atoms with Crippen molar-refractivity contribution in [2.45, 2.75) is 16.5 Å². The molecule has 0 aliphatic heterocycles. The lowest BCUT2D eigenvalue weighted by Crippen LogP contribution is -2.22. The Hall–Kier alpha value is -1.18. The van der Waals surface area contributed by atoms with Crippen molar-refractivity contribution in [3.63, 3.8) is 0 Å². The smallest absolute Gasteiger partial charge is 0.237 e. The van der Waals surface area contributed by atoms with Crippen LogP contribution in [-0.2, 0) is 4.79 Å². The average molecular weight is 318 g/mol. The monoisotopic (exact) mass is 317 g/mol. The molecule has 8 heteroatoms. The number of hydrogen-bond donors (Lipinski definition) is 1. The first-order chi connectivity index (χ1) is 9.06. The molecule has 4 nitrogen and oxygen atoms in total. The zero-order chi connectivity index (χ0) is 13.8. The predicted molar refractivity (Wildman–Crippen MR) is 75.3 cm³/mol. The SMILES string of the molecule is C[C@@H](Sc1nncs1)C(=O)Nc1ccc(Cl)cc1F. The van der Waals surface area contributed by atoms with Gasteiger partial charge in [0.1, 0.15) is 11.3 Å². The Balaban J connectivity index is 2.00. The lowest BCUT2D eigenvalue weighted by molar-refractivity contribution is -0.115. The van der Waals surface area contributed by atoms with Crippen molar-refractivity contribution in [1.82, 2.24) is 10.2 Å². The fraction of sp³-hybridized carbons (Fsp3) is 0.182. The minimum atomic E-state index is -0.561. The molecule has 1 aromatic carbocycles. The van der Waals surface area contributed by atoms with Gasteiger partial charge in [0.2, 0.25) is 5.91 Å². The lowest BCUT2D eigenvalue weighted by atomic mass is 10.3. The Morgan fingerprint density at radius 1 is 1.58 bits per heavy atom. The molecular formula is C11H9ClFN3OS2. The summed E-state index contributed by atoms with van der Waals surface area (Å²) >= 11 is 8.26. The number of thioether (sulfide) groups is 1. The van der Waals surface area contributed by atoms with Gasteiger partial charge in [0, 0.05) is 5.02 Å². The summed E-state index contributed by atoms with van der Waals surface area (Å²) in [5, 5.41) is 9.92. The van der Waals surface area contributed by atoms with Crippen LogP contribution < -0.4 is 5.32 Å². The molecule has 1 aromatic heterocycles. The molecule has 0 aliphatic rings. The molecular weight excluding hydrogens is 309 g/mol. The van der Waals surface area contributed by atoms with Crippen LogP contribution in [0.3, 0.4) is 0 Å². The normalized spacial score (nSPS) is 12.2. The van der Waals surface area contributed by atoms with E-state index >= 15 is 0 Å². The van der Waals surface area contributed by atoms with Gasteiger partial charge in [0.25, 0.3) is 0 Å². The van der Waals surface area contributed by atoms with E-state index in [1.54, 1.807) is 12.4 Å². The van der Waals surface area contributed by atoms with E-state index in [9.17, 15) is 9.18 Å². The maximum Gasteiger partial charge on any atom is 0.237 e. The van der Waals surface area contributed by atoms with E-state index in [0.717, 1.165) is 6.07 Å². The molecule has 2 rings (SSSR count). The number of carbonyl (C=O) groups excluding carboxylic acids is 1. The molecule has 1 amide bonds. The van der Waals surface area contributed by atoms with Gasteiger partial charge in [-0.3, -0.25) is 4.79 Å². The molecule has 0 saturated carbocycles. The van der Waals surface area contributed by atoms with Crippen LogP contribution in [0.25, 0.3) is 0 Å². The molecule has 1 N–H and O–H groups in total. The van der Waals surface area contributed by atoms with E-state index in [1.165, 1.54) is 35.2 Å². The Labute approximate surface area is 122 Å². The van der Waals surface area contributed by atoms with Crippen LogP contribution in [0.2, 0.25) is 5.02 Å². The molecule has 0 fully saturated rings. The predicted octanol–water partition coefficient (Wildman–Crippen LogP) is 3.45. The van der Waals surface area contributed by atoms with Gasteiger partial charge < -0.3 is 5.32 Å². The molecule has 0 bridgehead atoms. The van der Waals surface area contributed by atoms with Crippen LogP contribution >= 0.6 is 34.7 Å². The van der Waals surface area contributed by atoms with E-state index in [-0.39, 0.29) is 16.6 Å². The summed E-state index contributed by atoms with van der Waals surface area (Å²) in [6.07, 6.45) is 0. The van der Waals surface area contributed by atoms with Crippen molar-refractivity contribution in [3.8, 4) is 0 Å². The Bertz CT molecular complexity index is 579. The van der Waals surface area contributed by atoms with Crippen molar-refractivity contribution in [2.24, 2.45) is 0 Å². The topological polar surface area (TPSA) is 54.9 Å². The fourth-order valence-corrected chi connectivity index (χ4v) is 3.03. The van der Waals surface area contributed by atoms with Gasteiger partial charge in [-0.25, -0.2) is 4.39 Å². The third-order valence-corrected chi connectivity index (χ3v) is 4.32. The number of carbonyl (C=O) groups is 1. The number of aromatic nitrogens is 2. The summed E-state index contributed by atoms with van der Waals surface area (Å²) in [7, 11) is 0. The number of nitrogens with one attached hydrogen (secondary N) is 1. The largest absolute Gasteiger partial charge is 0.323 e. The highest BCUT2D eigenvalue weighted by Gasteiger charge is 2.17. The molecule has 1 heterocycles. The second-order valence-electron chi connectivity index (χ2n) is 3.58. The standard InChI is InChI=1S/C11H9ClFN3OS2/c1-6(19-11-16-14-5-18-11)10(17)15-9-3-2-7(12)4-8(9)13/h2-6H,1H3,(H,15,17)/t6-/m1/s1. The molecule has 0 radical (unpaired) electrons. The fourth-order valence-electron chi connectivity index (χ4n) is 1.24. The molecule has 0 unspecified atom stereocenters. The van der Waals surface area contributed by atoms with Crippen molar-refractivity contribution >= 4 is 46.3 Å². The zero-order valence-corrected chi connectivity index (χ0v) is 12.2. The van der Waals surface area contributed by atoms with E-state index in [2.05, 4.69) is 15.5 Å². The third kappa shape index (κ3) is 3.89. The summed E-state index contributed by atoms with van der Waals surface area (Å²) in [4.78, 5) is 11.9. The molecule has 0 saturated heterocycles. The maximum absolute atomic E-state index is 13.5. The van der Waals surface area contributed by atoms with E-state index in [0.29, 0.717) is 4.34 Å². The Kier molecular flexibility index (Phi) is 4.73. The molecule has 1 atom stereocenters. The van der Waals surface area contributed by atoms with Gasteiger partial charge >= 0.3 is 0 Å². The van der Waals surface area contributed by atoms with Gasteiger partial charge in [0.15, 0.2) is 4.34 Å². The molecule has 0 spiro atoms. The second-order valence-corrected chi connectivity index (χ2v) is 6.44. The summed E-state index contributed by atoms with van der Waals surface area (Å²) < 4.78 is 14.2. The maximum atomic E-state index is 13.5. The number of amides is 1. The quantitative estimate of drug-likeness (QED) is 0.878. The number of nitrogens with zero attached hydrogens (tertiary/aromatic N) is 2. The first-order valence-electron chi connectivity index (χ1n) is 5.25. The first-order valence-corrected chi connectivity index (χ1v) is 7.38. The summed E-state index contributed by atoms with van der Waals surface area (Å²) in [5.41, 5.74) is 1.70. The van der Waals surface area contributed by atoms with Gasteiger partial charge in [-0.15, -0.1) is 10.2 Å².